The fourth-order valence-electron chi connectivity index (χ4n) is 3.28. The Morgan fingerprint density at radius 3 is 2.86 bits per heavy atom. The van der Waals surface area contributed by atoms with E-state index in [0.29, 0.717) is 6.04 Å². The predicted molar refractivity (Wildman–Crippen MR) is 85.6 cm³/mol. The fourth-order valence-corrected chi connectivity index (χ4v) is 3.28. The first-order valence-electron chi connectivity index (χ1n) is 8.03. The molecule has 0 spiro atoms. The maximum absolute atomic E-state index is 5.87. The number of methoxy groups -OCH3 is 1. The molecule has 1 aliphatic rings. The van der Waals surface area contributed by atoms with E-state index in [-0.39, 0.29) is 6.10 Å². The van der Waals surface area contributed by atoms with Crippen LogP contribution in [0.1, 0.15) is 30.4 Å². The topological polar surface area (TPSA) is 38.5 Å². The van der Waals surface area contributed by atoms with Crippen LogP contribution in [0.2, 0.25) is 0 Å². The lowest BCUT2D eigenvalue weighted by molar-refractivity contribution is 0.0620. The Hall–Kier alpha value is -1.65. The van der Waals surface area contributed by atoms with E-state index >= 15 is 0 Å². The number of hydrogen-bond donors (Lipinski definition) is 0. The van der Waals surface area contributed by atoms with Crippen molar-refractivity contribution in [2.24, 2.45) is 0 Å². The van der Waals surface area contributed by atoms with Crippen LogP contribution >= 0.6 is 0 Å². The number of hydrogen-bond acceptors (Lipinski definition) is 4. The molecule has 0 amide bonds. The average molecular weight is 300 g/mol. The first-order valence-corrected chi connectivity index (χ1v) is 8.03. The van der Waals surface area contributed by atoms with Gasteiger partial charge in [0.2, 0.25) is 0 Å². The van der Waals surface area contributed by atoms with Crippen molar-refractivity contribution < 1.29 is 9.15 Å². The van der Waals surface area contributed by atoms with Crippen molar-refractivity contribution in [3.8, 4) is 0 Å². The first-order chi connectivity index (χ1) is 10.8. The zero-order valence-electron chi connectivity index (χ0n) is 13.4. The maximum Gasteiger partial charge on any atom is 0.118 e. The summed E-state index contributed by atoms with van der Waals surface area (Å²) in [6.07, 6.45) is 7.03. The molecule has 2 aromatic heterocycles. The second-order valence-electron chi connectivity index (χ2n) is 5.89. The summed E-state index contributed by atoms with van der Waals surface area (Å²) in [5, 5.41) is 0. The van der Waals surface area contributed by atoms with E-state index in [1.165, 1.54) is 5.56 Å². The number of rotatable bonds is 6. The monoisotopic (exact) mass is 300 g/mol. The first kappa shape index (κ1) is 15.3. The van der Waals surface area contributed by atoms with E-state index in [2.05, 4.69) is 35.0 Å². The number of ether oxygens (including phenoxy) is 1. The van der Waals surface area contributed by atoms with Gasteiger partial charge in [-0.3, -0.25) is 9.88 Å². The summed E-state index contributed by atoms with van der Waals surface area (Å²) in [6.45, 7) is 4.01. The normalized spacial score (nSPS) is 22.3. The summed E-state index contributed by atoms with van der Waals surface area (Å²) in [4.78, 5) is 6.69. The summed E-state index contributed by atoms with van der Waals surface area (Å²) >= 11 is 0. The molecule has 0 radical (unpaired) electrons. The van der Waals surface area contributed by atoms with Crippen LogP contribution in [0.4, 0.5) is 0 Å². The molecule has 0 unspecified atom stereocenters. The lowest BCUT2D eigenvalue weighted by Crippen LogP contribution is -2.37. The van der Waals surface area contributed by atoms with Crippen molar-refractivity contribution in [3.05, 3.63) is 53.7 Å². The molecule has 3 heterocycles. The van der Waals surface area contributed by atoms with Gasteiger partial charge in [0.25, 0.3) is 0 Å². The molecule has 3 rings (SSSR count). The molecule has 1 fully saturated rings. The van der Waals surface area contributed by atoms with Gasteiger partial charge in [0.05, 0.1) is 12.6 Å². The molecule has 1 aliphatic heterocycles. The maximum atomic E-state index is 5.87. The van der Waals surface area contributed by atoms with Crippen molar-refractivity contribution in [1.29, 1.82) is 0 Å². The van der Waals surface area contributed by atoms with Crippen LogP contribution in [0.5, 0.6) is 0 Å². The Bertz CT molecular complexity index is 582. The lowest BCUT2D eigenvalue weighted by Gasteiger charge is -2.27. The van der Waals surface area contributed by atoms with Crippen LogP contribution in [0.3, 0.4) is 0 Å². The molecule has 2 atom stereocenters. The third-order valence-corrected chi connectivity index (χ3v) is 4.49. The molecule has 0 N–H and O–H groups in total. The van der Waals surface area contributed by atoms with Crippen molar-refractivity contribution in [2.45, 2.75) is 44.9 Å². The Balaban J connectivity index is 1.71. The van der Waals surface area contributed by atoms with E-state index in [0.717, 1.165) is 43.9 Å². The van der Waals surface area contributed by atoms with Crippen LogP contribution in [-0.4, -0.2) is 35.7 Å². The van der Waals surface area contributed by atoms with Crippen LogP contribution in [0, 0.1) is 0 Å². The number of aromatic nitrogens is 1. The van der Waals surface area contributed by atoms with Gasteiger partial charge in [0.15, 0.2) is 0 Å². The van der Waals surface area contributed by atoms with E-state index in [1.807, 2.05) is 25.6 Å². The van der Waals surface area contributed by atoms with Gasteiger partial charge in [-0.25, -0.2) is 0 Å². The SMILES string of the molecule is CCc1ccc(CN2CC[C@@H](OC)[C@@H]2Cc2cccnc2)o1. The summed E-state index contributed by atoms with van der Waals surface area (Å²) in [5.74, 6) is 2.10. The molecule has 4 heteroatoms. The van der Waals surface area contributed by atoms with E-state index in [4.69, 9.17) is 9.15 Å². The highest BCUT2D eigenvalue weighted by molar-refractivity contribution is 5.13. The highest BCUT2D eigenvalue weighted by Gasteiger charge is 2.34. The average Bonchev–Trinajstić information content (AvgIpc) is 3.16. The molecule has 22 heavy (non-hydrogen) atoms. The number of aryl methyl sites for hydroxylation is 1. The van der Waals surface area contributed by atoms with Crippen molar-refractivity contribution in [1.82, 2.24) is 9.88 Å². The largest absolute Gasteiger partial charge is 0.465 e. The van der Waals surface area contributed by atoms with Crippen molar-refractivity contribution >= 4 is 0 Å². The Morgan fingerprint density at radius 1 is 1.32 bits per heavy atom. The molecule has 2 aromatic rings. The Labute approximate surface area is 132 Å². The second-order valence-corrected chi connectivity index (χ2v) is 5.89. The van der Waals surface area contributed by atoms with Gasteiger partial charge < -0.3 is 9.15 Å². The van der Waals surface area contributed by atoms with Gasteiger partial charge in [-0.15, -0.1) is 0 Å². The summed E-state index contributed by atoms with van der Waals surface area (Å²) in [5.41, 5.74) is 1.26. The number of pyridine rings is 1. The summed E-state index contributed by atoms with van der Waals surface area (Å²) in [6, 6.07) is 8.69. The Kier molecular flexibility index (Phi) is 4.90. The van der Waals surface area contributed by atoms with Gasteiger partial charge in [-0.1, -0.05) is 13.0 Å². The van der Waals surface area contributed by atoms with Gasteiger partial charge >= 0.3 is 0 Å². The number of nitrogens with zero attached hydrogens (tertiary/aromatic N) is 2. The minimum atomic E-state index is 0.279. The molecule has 4 nitrogen and oxygen atoms in total. The van der Waals surface area contributed by atoms with E-state index in [1.54, 1.807) is 0 Å². The van der Waals surface area contributed by atoms with Crippen molar-refractivity contribution in [3.63, 3.8) is 0 Å². The highest BCUT2D eigenvalue weighted by Crippen LogP contribution is 2.26. The smallest absolute Gasteiger partial charge is 0.118 e. The third-order valence-electron chi connectivity index (χ3n) is 4.49. The van der Waals surface area contributed by atoms with Crippen molar-refractivity contribution in [2.75, 3.05) is 13.7 Å². The molecular weight excluding hydrogens is 276 g/mol. The van der Waals surface area contributed by atoms with E-state index in [9.17, 15) is 0 Å². The summed E-state index contributed by atoms with van der Waals surface area (Å²) in [7, 11) is 1.81. The molecule has 0 aromatic carbocycles. The van der Waals surface area contributed by atoms with Gasteiger partial charge in [-0.2, -0.15) is 0 Å². The standard InChI is InChI=1S/C18H24N2O2/c1-3-15-6-7-16(22-15)13-20-10-8-18(21-2)17(20)11-14-5-4-9-19-12-14/h4-7,9,12,17-18H,3,8,10-11,13H2,1-2H3/t17-,18+/m0/s1. The third kappa shape index (κ3) is 3.39. The molecule has 1 saturated heterocycles. The van der Waals surface area contributed by atoms with Gasteiger partial charge in [0, 0.05) is 38.5 Å². The summed E-state index contributed by atoms with van der Waals surface area (Å²) < 4.78 is 11.6. The van der Waals surface area contributed by atoms with Crippen LogP contribution in [0.25, 0.3) is 0 Å². The molecule has 0 aliphatic carbocycles. The van der Waals surface area contributed by atoms with Crippen LogP contribution < -0.4 is 0 Å². The van der Waals surface area contributed by atoms with Gasteiger partial charge in [-0.05, 0) is 36.6 Å². The van der Waals surface area contributed by atoms with Crippen LogP contribution in [-0.2, 0) is 24.1 Å². The zero-order valence-corrected chi connectivity index (χ0v) is 13.4. The highest BCUT2D eigenvalue weighted by atomic mass is 16.5. The number of likely N-dealkylation sites (tertiary alicyclic amines) is 1. The molecule has 0 bridgehead atoms. The molecule has 0 saturated carbocycles. The predicted octanol–water partition coefficient (Wildman–Crippen LogP) is 3.07. The lowest BCUT2D eigenvalue weighted by atomic mass is 10.0. The quantitative estimate of drug-likeness (QED) is 0.822. The second kappa shape index (κ2) is 7.07. The minimum Gasteiger partial charge on any atom is -0.465 e. The number of furan rings is 1. The molecule has 118 valence electrons. The minimum absolute atomic E-state index is 0.279. The van der Waals surface area contributed by atoms with Crippen LogP contribution in [0.15, 0.2) is 41.1 Å². The Morgan fingerprint density at radius 2 is 2.18 bits per heavy atom. The van der Waals surface area contributed by atoms with E-state index < -0.39 is 0 Å². The zero-order chi connectivity index (χ0) is 15.4. The van der Waals surface area contributed by atoms with Gasteiger partial charge in [0.1, 0.15) is 11.5 Å². The fraction of sp³-hybridized carbons (Fsp3) is 0.500. The molecular formula is C18H24N2O2.